The van der Waals surface area contributed by atoms with Crippen LogP contribution in [0.4, 0.5) is 0 Å². The van der Waals surface area contributed by atoms with Crippen LogP contribution in [0.15, 0.2) is 0 Å². The fourth-order valence-corrected chi connectivity index (χ4v) is 2.97. The predicted octanol–water partition coefficient (Wildman–Crippen LogP) is 0.172. The van der Waals surface area contributed by atoms with Gasteiger partial charge in [-0.1, -0.05) is 0 Å². The van der Waals surface area contributed by atoms with Gasteiger partial charge in [0.1, 0.15) is 0 Å². The van der Waals surface area contributed by atoms with E-state index >= 15 is 0 Å². The zero-order valence-electron chi connectivity index (χ0n) is 7.22. The Morgan fingerprint density at radius 2 is 2.00 bits per heavy atom. The second-order valence-corrected chi connectivity index (χ2v) is 6.30. The largest absolute Gasteiger partial charge is 0.310 e. The van der Waals surface area contributed by atoms with E-state index in [1.54, 1.807) is 6.92 Å². The van der Waals surface area contributed by atoms with Gasteiger partial charge in [0.05, 0.1) is 11.0 Å². The zero-order valence-corrected chi connectivity index (χ0v) is 8.03. The average Bonchev–Trinajstić information content (AvgIpc) is 1.77. The van der Waals surface area contributed by atoms with Gasteiger partial charge in [0.15, 0.2) is 9.84 Å². The minimum absolute atomic E-state index is 0.226. The molecule has 1 atom stereocenters. The van der Waals surface area contributed by atoms with Crippen molar-refractivity contribution >= 4 is 9.84 Å². The summed E-state index contributed by atoms with van der Waals surface area (Å²) in [6.07, 6.45) is 0. The number of sulfone groups is 1. The van der Waals surface area contributed by atoms with Gasteiger partial charge in [-0.05, 0) is 20.8 Å². The summed E-state index contributed by atoms with van der Waals surface area (Å²) in [7, 11) is -2.83. The van der Waals surface area contributed by atoms with E-state index in [1.165, 1.54) is 0 Å². The molecule has 11 heavy (non-hydrogen) atoms. The van der Waals surface area contributed by atoms with Crippen molar-refractivity contribution < 1.29 is 8.42 Å². The summed E-state index contributed by atoms with van der Waals surface area (Å²) in [5.74, 6) is 0.251. The lowest BCUT2D eigenvalue weighted by molar-refractivity contribution is 0.400. The van der Waals surface area contributed by atoms with Gasteiger partial charge < -0.3 is 5.32 Å². The maximum Gasteiger partial charge on any atom is 0.155 e. The SMILES string of the molecule is CC1CNC(C)(C)CS1(=O)=O. The van der Waals surface area contributed by atoms with Crippen LogP contribution in [-0.2, 0) is 9.84 Å². The minimum Gasteiger partial charge on any atom is -0.310 e. The van der Waals surface area contributed by atoms with Crippen LogP contribution in [0.3, 0.4) is 0 Å². The smallest absolute Gasteiger partial charge is 0.155 e. The van der Waals surface area contributed by atoms with Crippen LogP contribution in [0.1, 0.15) is 20.8 Å². The Bertz CT molecular complexity index is 243. The molecule has 1 aliphatic heterocycles. The van der Waals surface area contributed by atoms with Gasteiger partial charge in [-0.2, -0.15) is 0 Å². The first kappa shape index (κ1) is 9.00. The predicted molar refractivity (Wildman–Crippen MR) is 45.3 cm³/mol. The second-order valence-electron chi connectivity index (χ2n) is 3.88. The van der Waals surface area contributed by atoms with Crippen LogP contribution >= 0.6 is 0 Å². The van der Waals surface area contributed by atoms with Crippen molar-refractivity contribution in [1.29, 1.82) is 0 Å². The average molecular weight is 177 g/mol. The van der Waals surface area contributed by atoms with E-state index in [4.69, 9.17) is 0 Å². The molecule has 0 spiro atoms. The molecule has 66 valence electrons. The topological polar surface area (TPSA) is 46.2 Å². The van der Waals surface area contributed by atoms with Crippen LogP contribution in [0.25, 0.3) is 0 Å². The molecule has 1 heterocycles. The summed E-state index contributed by atoms with van der Waals surface area (Å²) in [6, 6.07) is 0. The van der Waals surface area contributed by atoms with Crippen LogP contribution in [0, 0.1) is 0 Å². The van der Waals surface area contributed by atoms with Crippen molar-refractivity contribution in [2.75, 3.05) is 12.3 Å². The van der Waals surface area contributed by atoms with Gasteiger partial charge in [-0.25, -0.2) is 8.42 Å². The molecule has 0 aromatic rings. The van der Waals surface area contributed by atoms with Crippen LogP contribution < -0.4 is 5.32 Å². The maximum absolute atomic E-state index is 11.4. The van der Waals surface area contributed by atoms with Gasteiger partial charge >= 0.3 is 0 Å². The number of nitrogens with one attached hydrogen (secondary N) is 1. The molecule has 1 saturated heterocycles. The summed E-state index contributed by atoms with van der Waals surface area (Å²) in [6.45, 7) is 6.15. The number of rotatable bonds is 0. The van der Waals surface area contributed by atoms with E-state index in [0.717, 1.165) is 0 Å². The first-order valence-corrected chi connectivity index (χ1v) is 5.52. The summed E-state index contributed by atoms with van der Waals surface area (Å²) in [5, 5.41) is 2.96. The van der Waals surface area contributed by atoms with Crippen LogP contribution in [-0.4, -0.2) is 31.5 Å². The third-order valence-corrected chi connectivity index (χ3v) is 4.56. The van der Waals surface area contributed by atoms with Gasteiger partial charge in [-0.15, -0.1) is 0 Å². The molecule has 4 heteroatoms. The molecule has 1 aliphatic rings. The lowest BCUT2D eigenvalue weighted by Crippen LogP contribution is -2.55. The van der Waals surface area contributed by atoms with E-state index < -0.39 is 9.84 Å². The molecule has 0 aromatic heterocycles. The summed E-state index contributed by atoms with van der Waals surface area (Å²) >= 11 is 0. The van der Waals surface area contributed by atoms with Crippen molar-refractivity contribution in [1.82, 2.24) is 5.32 Å². The van der Waals surface area contributed by atoms with Crippen molar-refractivity contribution in [2.24, 2.45) is 0 Å². The molecule has 0 bridgehead atoms. The highest BCUT2D eigenvalue weighted by molar-refractivity contribution is 7.92. The second kappa shape index (κ2) is 2.45. The first-order valence-electron chi connectivity index (χ1n) is 3.80. The normalized spacial score (nSPS) is 35.0. The van der Waals surface area contributed by atoms with Gasteiger partial charge in [0.2, 0.25) is 0 Å². The Morgan fingerprint density at radius 1 is 1.45 bits per heavy atom. The van der Waals surface area contributed by atoms with Gasteiger partial charge in [-0.3, -0.25) is 0 Å². The molecule has 0 saturated carbocycles. The van der Waals surface area contributed by atoms with Gasteiger partial charge in [0.25, 0.3) is 0 Å². The minimum atomic E-state index is -2.83. The number of hydrogen-bond acceptors (Lipinski definition) is 3. The maximum atomic E-state index is 11.4. The molecule has 1 fully saturated rings. The molecule has 1 N–H and O–H groups in total. The molecular weight excluding hydrogens is 162 g/mol. The summed E-state index contributed by atoms with van der Waals surface area (Å²) in [5.41, 5.74) is -0.245. The molecule has 0 aromatic carbocycles. The standard InChI is InChI=1S/C7H15NO2S/c1-6-4-8-7(2,3)5-11(6,9)10/h6,8H,4-5H2,1-3H3. The van der Waals surface area contributed by atoms with E-state index in [-0.39, 0.29) is 16.5 Å². The molecule has 3 nitrogen and oxygen atoms in total. The lowest BCUT2D eigenvalue weighted by Gasteiger charge is -2.34. The molecule has 0 amide bonds. The van der Waals surface area contributed by atoms with Crippen LogP contribution in [0.2, 0.25) is 0 Å². The van der Waals surface area contributed by atoms with E-state index in [9.17, 15) is 8.42 Å². The lowest BCUT2D eigenvalue weighted by atomic mass is 10.1. The van der Waals surface area contributed by atoms with Crippen LogP contribution in [0.5, 0.6) is 0 Å². The van der Waals surface area contributed by atoms with Crippen molar-refractivity contribution in [3.63, 3.8) is 0 Å². The van der Waals surface area contributed by atoms with Crippen molar-refractivity contribution in [2.45, 2.75) is 31.6 Å². The quantitative estimate of drug-likeness (QED) is 0.574. The fourth-order valence-electron chi connectivity index (χ4n) is 1.24. The molecular formula is C7H15NO2S. The number of hydrogen-bond donors (Lipinski definition) is 1. The Labute approximate surface area is 68.1 Å². The Balaban J connectivity index is 2.84. The van der Waals surface area contributed by atoms with Crippen molar-refractivity contribution in [3.05, 3.63) is 0 Å². The third-order valence-electron chi connectivity index (χ3n) is 2.04. The van der Waals surface area contributed by atoms with Crippen molar-refractivity contribution in [3.8, 4) is 0 Å². The summed E-state index contributed by atoms with van der Waals surface area (Å²) < 4.78 is 22.7. The molecule has 0 aliphatic carbocycles. The fraction of sp³-hybridized carbons (Fsp3) is 1.00. The highest BCUT2D eigenvalue weighted by Gasteiger charge is 2.35. The summed E-state index contributed by atoms with van der Waals surface area (Å²) in [4.78, 5) is 0. The highest BCUT2D eigenvalue weighted by Crippen LogP contribution is 2.16. The third kappa shape index (κ3) is 1.93. The zero-order chi connectivity index (χ0) is 8.70. The molecule has 1 unspecified atom stereocenters. The van der Waals surface area contributed by atoms with E-state index in [2.05, 4.69) is 5.32 Å². The highest BCUT2D eigenvalue weighted by atomic mass is 32.2. The Kier molecular flexibility index (Phi) is 2.01. The Hall–Kier alpha value is -0.0900. The van der Waals surface area contributed by atoms with E-state index in [1.807, 2.05) is 13.8 Å². The molecule has 0 radical (unpaired) electrons. The Morgan fingerprint density at radius 3 is 2.36 bits per heavy atom. The van der Waals surface area contributed by atoms with E-state index in [0.29, 0.717) is 6.54 Å². The van der Waals surface area contributed by atoms with Gasteiger partial charge in [0, 0.05) is 12.1 Å². The molecule has 1 rings (SSSR count). The monoisotopic (exact) mass is 177 g/mol. The first-order chi connectivity index (χ1) is 4.83.